The van der Waals surface area contributed by atoms with Gasteiger partial charge in [0.25, 0.3) is 5.91 Å². The zero-order valence-corrected chi connectivity index (χ0v) is 13.1. The zero-order chi connectivity index (χ0) is 14.7. The summed E-state index contributed by atoms with van der Waals surface area (Å²) in [6.07, 6.45) is 0. The van der Waals surface area contributed by atoms with Gasteiger partial charge in [-0.2, -0.15) is 0 Å². The number of carbonyl (C=O) groups is 1. The van der Waals surface area contributed by atoms with Crippen molar-refractivity contribution in [2.24, 2.45) is 0 Å². The third-order valence-corrected chi connectivity index (χ3v) is 3.67. The van der Waals surface area contributed by atoms with E-state index in [1.807, 2.05) is 43.3 Å². The van der Waals surface area contributed by atoms with Gasteiger partial charge in [-0.05, 0) is 36.2 Å². The summed E-state index contributed by atoms with van der Waals surface area (Å²) in [6, 6.07) is 13.4. The molecule has 0 aliphatic carbocycles. The number of amides is 1. The van der Waals surface area contributed by atoms with Crippen molar-refractivity contribution >= 4 is 27.5 Å². The van der Waals surface area contributed by atoms with Gasteiger partial charge in [-0.1, -0.05) is 40.2 Å². The van der Waals surface area contributed by atoms with Crippen LogP contribution in [0.25, 0.3) is 0 Å². The van der Waals surface area contributed by atoms with Gasteiger partial charge in [-0.15, -0.1) is 0 Å². The molecular formula is C16H17BrN2O. The number of hydrogen-bond acceptors (Lipinski definition) is 2. The van der Waals surface area contributed by atoms with Gasteiger partial charge in [-0.3, -0.25) is 4.79 Å². The minimum Gasteiger partial charge on any atom is -0.398 e. The molecule has 0 saturated carbocycles. The normalized spacial score (nSPS) is 10.3. The van der Waals surface area contributed by atoms with Crippen LogP contribution in [0, 0.1) is 6.92 Å². The molecule has 0 aromatic heterocycles. The number of carbonyl (C=O) groups excluding carboxylic acids is 1. The number of nitrogens with two attached hydrogens (primary N) is 1. The van der Waals surface area contributed by atoms with E-state index in [1.54, 1.807) is 18.0 Å². The molecule has 0 spiro atoms. The number of halogens is 1. The summed E-state index contributed by atoms with van der Waals surface area (Å²) in [5.41, 5.74) is 9.01. The zero-order valence-electron chi connectivity index (χ0n) is 11.6. The highest BCUT2D eigenvalue weighted by Crippen LogP contribution is 2.19. The van der Waals surface area contributed by atoms with Gasteiger partial charge in [0.05, 0.1) is 5.56 Å². The van der Waals surface area contributed by atoms with E-state index in [9.17, 15) is 4.79 Å². The molecule has 104 valence electrons. The number of anilines is 1. The van der Waals surface area contributed by atoms with Crippen LogP contribution >= 0.6 is 15.9 Å². The molecule has 0 saturated heterocycles. The standard InChI is InChI=1S/C16H17BrN2O/c1-11-5-3-8-14(18)15(11)16(20)19(2)10-12-6-4-7-13(17)9-12/h3-9H,10,18H2,1-2H3. The van der Waals surface area contributed by atoms with Crippen LogP contribution in [0.4, 0.5) is 5.69 Å². The molecular weight excluding hydrogens is 316 g/mol. The van der Waals surface area contributed by atoms with E-state index in [1.165, 1.54) is 0 Å². The molecule has 0 fully saturated rings. The summed E-state index contributed by atoms with van der Waals surface area (Å²) < 4.78 is 1.01. The van der Waals surface area contributed by atoms with Gasteiger partial charge in [0.1, 0.15) is 0 Å². The van der Waals surface area contributed by atoms with Crippen molar-refractivity contribution < 1.29 is 4.79 Å². The summed E-state index contributed by atoms with van der Waals surface area (Å²) in [5.74, 6) is -0.0550. The van der Waals surface area contributed by atoms with E-state index in [4.69, 9.17) is 5.73 Å². The number of hydrogen-bond donors (Lipinski definition) is 1. The molecule has 0 atom stereocenters. The fourth-order valence-corrected chi connectivity index (χ4v) is 2.60. The first-order valence-electron chi connectivity index (χ1n) is 6.34. The topological polar surface area (TPSA) is 46.3 Å². The van der Waals surface area contributed by atoms with Gasteiger partial charge >= 0.3 is 0 Å². The Morgan fingerprint density at radius 1 is 1.25 bits per heavy atom. The van der Waals surface area contributed by atoms with Crippen LogP contribution in [0.1, 0.15) is 21.5 Å². The summed E-state index contributed by atoms with van der Waals surface area (Å²) in [4.78, 5) is 14.2. The Labute approximate surface area is 127 Å². The Bertz CT molecular complexity index is 620. The van der Waals surface area contributed by atoms with Crippen LogP contribution in [0.3, 0.4) is 0 Å². The average molecular weight is 333 g/mol. The first kappa shape index (κ1) is 14.6. The molecule has 4 heteroatoms. The summed E-state index contributed by atoms with van der Waals surface area (Å²) in [6.45, 7) is 2.45. The van der Waals surface area contributed by atoms with Crippen LogP contribution in [0.5, 0.6) is 0 Å². The summed E-state index contributed by atoms with van der Waals surface area (Å²) in [5, 5.41) is 0. The second-order valence-electron chi connectivity index (χ2n) is 4.83. The molecule has 0 aliphatic heterocycles. The van der Waals surface area contributed by atoms with Crippen molar-refractivity contribution in [3.05, 3.63) is 63.6 Å². The van der Waals surface area contributed by atoms with Gasteiger partial charge in [0, 0.05) is 23.8 Å². The number of nitrogen functional groups attached to an aromatic ring is 1. The maximum atomic E-state index is 12.5. The summed E-state index contributed by atoms with van der Waals surface area (Å²) >= 11 is 3.43. The minimum atomic E-state index is -0.0550. The Balaban J connectivity index is 2.21. The molecule has 0 heterocycles. The number of rotatable bonds is 3. The lowest BCUT2D eigenvalue weighted by Crippen LogP contribution is -2.27. The van der Waals surface area contributed by atoms with Gasteiger partial charge in [0.15, 0.2) is 0 Å². The third kappa shape index (κ3) is 3.20. The second-order valence-corrected chi connectivity index (χ2v) is 5.75. The molecule has 0 radical (unpaired) electrons. The van der Waals surface area contributed by atoms with Gasteiger partial charge in [-0.25, -0.2) is 0 Å². The molecule has 2 rings (SSSR count). The molecule has 0 bridgehead atoms. The number of nitrogens with zero attached hydrogens (tertiary/aromatic N) is 1. The van der Waals surface area contributed by atoms with Crippen LogP contribution in [-0.4, -0.2) is 17.9 Å². The van der Waals surface area contributed by atoms with Crippen molar-refractivity contribution in [2.75, 3.05) is 12.8 Å². The Morgan fingerprint density at radius 2 is 1.95 bits per heavy atom. The highest BCUT2D eigenvalue weighted by atomic mass is 79.9. The van der Waals surface area contributed by atoms with Crippen molar-refractivity contribution in [3.8, 4) is 0 Å². The monoisotopic (exact) mass is 332 g/mol. The van der Waals surface area contributed by atoms with E-state index >= 15 is 0 Å². The SMILES string of the molecule is Cc1cccc(N)c1C(=O)N(C)Cc1cccc(Br)c1. The minimum absolute atomic E-state index is 0.0550. The Morgan fingerprint density at radius 3 is 2.60 bits per heavy atom. The summed E-state index contributed by atoms with van der Waals surface area (Å²) in [7, 11) is 1.79. The lowest BCUT2D eigenvalue weighted by molar-refractivity contribution is 0.0785. The van der Waals surface area contributed by atoms with Crippen LogP contribution in [0.2, 0.25) is 0 Å². The Hall–Kier alpha value is -1.81. The van der Waals surface area contributed by atoms with Crippen molar-refractivity contribution in [3.63, 3.8) is 0 Å². The fraction of sp³-hybridized carbons (Fsp3) is 0.188. The highest BCUT2D eigenvalue weighted by Gasteiger charge is 2.17. The third-order valence-electron chi connectivity index (χ3n) is 3.17. The molecule has 1 amide bonds. The Kier molecular flexibility index (Phi) is 4.45. The van der Waals surface area contributed by atoms with Crippen LogP contribution in [0.15, 0.2) is 46.9 Å². The van der Waals surface area contributed by atoms with Gasteiger partial charge < -0.3 is 10.6 Å². The predicted octanol–water partition coefficient (Wildman–Crippen LogP) is 3.61. The maximum absolute atomic E-state index is 12.5. The molecule has 2 aromatic rings. The maximum Gasteiger partial charge on any atom is 0.256 e. The number of aryl methyl sites for hydroxylation is 1. The van der Waals surface area contributed by atoms with Crippen LogP contribution in [-0.2, 0) is 6.54 Å². The smallest absolute Gasteiger partial charge is 0.256 e. The van der Waals surface area contributed by atoms with E-state index in [2.05, 4.69) is 15.9 Å². The van der Waals surface area contributed by atoms with E-state index in [-0.39, 0.29) is 5.91 Å². The first-order valence-corrected chi connectivity index (χ1v) is 7.13. The predicted molar refractivity (Wildman–Crippen MR) is 85.5 cm³/mol. The largest absolute Gasteiger partial charge is 0.398 e. The van der Waals surface area contributed by atoms with E-state index < -0.39 is 0 Å². The molecule has 20 heavy (non-hydrogen) atoms. The quantitative estimate of drug-likeness (QED) is 0.872. The molecule has 0 unspecified atom stereocenters. The fourth-order valence-electron chi connectivity index (χ4n) is 2.15. The molecule has 2 N–H and O–H groups in total. The van der Waals surface area contributed by atoms with E-state index in [0.717, 1.165) is 15.6 Å². The lowest BCUT2D eigenvalue weighted by atomic mass is 10.1. The van der Waals surface area contributed by atoms with Gasteiger partial charge in [0.2, 0.25) is 0 Å². The lowest BCUT2D eigenvalue weighted by Gasteiger charge is -2.19. The van der Waals surface area contributed by atoms with Crippen LogP contribution < -0.4 is 5.73 Å². The average Bonchev–Trinajstić information content (AvgIpc) is 2.38. The molecule has 3 nitrogen and oxygen atoms in total. The van der Waals surface area contributed by atoms with Crippen molar-refractivity contribution in [2.45, 2.75) is 13.5 Å². The van der Waals surface area contributed by atoms with Crippen molar-refractivity contribution in [1.82, 2.24) is 4.90 Å². The number of benzene rings is 2. The first-order chi connectivity index (χ1) is 9.49. The van der Waals surface area contributed by atoms with E-state index in [0.29, 0.717) is 17.8 Å². The second kappa shape index (κ2) is 6.09. The highest BCUT2D eigenvalue weighted by molar-refractivity contribution is 9.10. The van der Waals surface area contributed by atoms with Crippen molar-refractivity contribution in [1.29, 1.82) is 0 Å². The molecule has 0 aliphatic rings. The molecule has 2 aromatic carbocycles.